The van der Waals surface area contributed by atoms with Crippen LogP contribution in [-0.2, 0) is 11.2 Å². The van der Waals surface area contributed by atoms with E-state index in [9.17, 15) is 5.11 Å². The summed E-state index contributed by atoms with van der Waals surface area (Å²) in [4.78, 5) is 2.29. The summed E-state index contributed by atoms with van der Waals surface area (Å²) in [5, 5.41) is 9.96. The smallest absolute Gasteiger partial charge is 0.0947 e. The molecule has 0 aromatic heterocycles. The largest absolute Gasteiger partial charge is 0.389 e. The number of anilines is 1. The highest BCUT2D eigenvalue weighted by molar-refractivity contribution is 5.57. The summed E-state index contributed by atoms with van der Waals surface area (Å²) in [6, 6.07) is 6.60. The zero-order valence-electron chi connectivity index (χ0n) is 11.4. The molecule has 1 heterocycles. The number of fused-ring (bicyclic) bond motifs is 1. The zero-order valence-corrected chi connectivity index (χ0v) is 11.4. The topological polar surface area (TPSA) is 32.7 Å². The second-order valence-electron chi connectivity index (χ2n) is 5.00. The van der Waals surface area contributed by atoms with Crippen LogP contribution in [0.3, 0.4) is 0 Å². The van der Waals surface area contributed by atoms with E-state index in [-0.39, 0.29) is 0 Å². The standard InChI is InChI=1S/C15H23NO2/c1-3-18-11-14(17)10-16-8-4-5-13-7-6-12(2)9-15(13)16/h6-7,9,14,17H,3-5,8,10-11H2,1-2H3. The first-order valence-electron chi connectivity index (χ1n) is 6.81. The van der Waals surface area contributed by atoms with Gasteiger partial charge in [0.05, 0.1) is 12.7 Å². The molecule has 3 nitrogen and oxygen atoms in total. The van der Waals surface area contributed by atoms with Crippen molar-refractivity contribution < 1.29 is 9.84 Å². The van der Waals surface area contributed by atoms with Gasteiger partial charge in [-0.2, -0.15) is 0 Å². The van der Waals surface area contributed by atoms with Crippen molar-refractivity contribution in [2.75, 3.05) is 31.2 Å². The number of ether oxygens (including phenoxy) is 1. The van der Waals surface area contributed by atoms with Crippen LogP contribution in [0.1, 0.15) is 24.5 Å². The predicted molar refractivity (Wildman–Crippen MR) is 74.2 cm³/mol. The average molecular weight is 249 g/mol. The first-order valence-corrected chi connectivity index (χ1v) is 6.81. The van der Waals surface area contributed by atoms with E-state index in [1.54, 1.807) is 0 Å². The van der Waals surface area contributed by atoms with Gasteiger partial charge < -0.3 is 14.7 Å². The summed E-state index contributed by atoms with van der Waals surface area (Å²) in [7, 11) is 0. The van der Waals surface area contributed by atoms with Gasteiger partial charge in [0.2, 0.25) is 0 Å². The summed E-state index contributed by atoms with van der Waals surface area (Å²) in [6.45, 7) is 6.84. The van der Waals surface area contributed by atoms with Crippen LogP contribution >= 0.6 is 0 Å². The second kappa shape index (κ2) is 6.21. The van der Waals surface area contributed by atoms with Crippen molar-refractivity contribution in [3.63, 3.8) is 0 Å². The van der Waals surface area contributed by atoms with Gasteiger partial charge in [-0.25, -0.2) is 0 Å². The van der Waals surface area contributed by atoms with Crippen LogP contribution in [0.2, 0.25) is 0 Å². The van der Waals surface area contributed by atoms with Crippen molar-refractivity contribution in [1.82, 2.24) is 0 Å². The second-order valence-corrected chi connectivity index (χ2v) is 5.00. The molecule has 100 valence electrons. The fourth-order valence-corrected chi connectivity index (χ4v) is 2.51. The lowest BCUT2D eigenvalue weighted by atomic mass is 9.99. The first-order chi connectivity index (χ1) is 8.70. The molecule has 2 rings (SSSR count). The van der Waals surface area contributed by atoms with E-state index in [1.807, 2.05) is 6.92 Å². The van der Waals surface area contributed by atoms with Crippen molar-refractivity contribution in [3.05, 3.63) is 29.3 Å². The molecule has 0 bridgehead atoms. The molecule has 0 aliphatic carbocycles. The minimum absolute atomic E-state index is 0.406. The Kier molecular flexibility index (Phi) is 4.61. The van der Waals surface area contributed by atoms with Gasteiger partial charge in [-0.15, -0.1) is 0 Å². The minimum Gasteiger partial charge on any atom is -0.389 e. The SMILES string of the molecule is CCOCC(O)CN1CCCc2ccc(C)cc21. The van der Waals surface area contributed by atoms with E-state index in [4.69, 9.17) is 4.74 Å². The van der Waals surface area contributed by atoms with Crippen LogP contribution in [-0.4, -0.2) is 37.5 Å². The Bertz CT molecular complexity index is 392. The van der Waals surface area contributed by atoms with E-state index < -0.39 is 6.10 Å². The monoisotopic (exact) mass is 249 g/mol. The highest BCUT2D eigenvalue weighted by Gasteiger charge is 2.19. The van der Waals surface area contributed by atoms with Crippen molar-refractivity contribution >= 4 is 5.69 Å². The van der Waals surface area contributed by atoms with E-state index in [1.165, 1.54) is 16.8 Å². The number of β-amino-alcohol motifs (C(OH)–C–C–N with tert-alkyl or cyclic N) is 1. The van der Waals surface area contributed by atoms with Crippen LogP contribution in [0.25, 0.3) is 0 Å². The fraction of sp³-hybridized carbons (Fsp3) is 0.600. The Hall–Kier alpha value is -1.06. The Morgan fingerprint density at radius 3 is 3.06 bits per heavy atom. The molecule has 3 heteroatoms. The van der Waals surface area contributed by atoms with Crippen LogP contribution in [0.5, 0.6) is 0 Å². The molecule has 1 aliphatic heterocycles. The summed E-state index contributed by atoms with van der Waals surface area (Å²) in [6.07, 6.45) is 1.90. The number of rotatable bonds is 5. The van der Waals surface area contributed by atoms with E-state index in [0.29, 0.717) is 19.8 Å². The van der Waals surface area contributed by atoms with Crippen LogP contribution in [0.15, 0.2) is 18.2 Å². The summed E-state index contributed by atoms with van der Waals surface area (Å²) in [5.41, 5.74) is 3.97. The van der Waals surface area contributed by atoms with Gasteiger partial charge >= 0.3 is 0 Å². The van der Waals surface area contributed by atoms with Gasteiger partial charge in [-0.05, 0) is 43.9 Å². The number of hydrogen-bond donors (Lipinski definition) is 1. The number of hydrogen-bond acceptors (Lipinski definition) is 3. The number of aryl methyl sites for hydroxylation is 2. The molecule has 1 aliphatic rings. The molecular formula is C15H23NO2. The molecule has 0 fully saturated rings. The highest BCUT2D eigenvalue weighted by atomic mass is 16.5. The molecule has 0 amide bonds. The van der Waals surface area contributed by atoms with Gasteiger partial charge in [-0.1, -0.05) is 12.1 Å². The number of aliphatic hydroxyl groups excluding tert-OH is 1. The Labute approximate surface area is 109 Å². The number of nitrogens with zero attached hydrogens (tertiary/aromatic N) is 1. The maximum Gasteiger partial charge on any atom is 0.0947 e. The molecule has 18 heavy (non-hydrogen) atoms. The van der Waals surface area contributed by atoms with Crippen molar-refractivity contribution in [2.45, 2.75) is 32.8 Å². The van der Waals surface area contributed by atoms with Crippen molar-refractivity contribution in [2.24, 2.45) is 0 Å². The lowest BCUT2D eigenvalue weighted by Gasteiger charge is -2.33. The van der Waals surface area contributed by atoms with Crippen molar-refractivity contribution in [3.8, 4) is 0 Å². The average Bonchev–Trinajstić information content (AvgIpc) is 2.37. The molecule has 0 saturated heterocycles. The van der Waals surface area contributed by atoms with Gasteiger partial charge in [0.25, 0.3) is 0 Å². The lowest BCUT2D eigenvalue weighted by Crippen LogP contribution is -2.38. The summed E-state index contributed by atoms with van der Waals surface area (Å²) >= 11 is 0. The lowest BCUT2D eigenvalue weighted by molar-refractivity contribution is 0.0462. The van der Waals surface area contributed by atoms with Gasteiger partial charge in [0.15, 0.2) is 0 Å². The molecule has 1 aromatic carbocycles. The minimum atomic E-state index is -0.406. The summed E-state index contributed by atoms with van der Waals surface area (Å²) in [5.74, 6) is 0. The molecule has 1 N–H and O–H groups in total. The maximum absolute atomic E-state index is 9.96. The third kappa shape index (κ3) is 3.24. The Morgan fingerprint density at radius 2 is 2.28 bits per heavy atom. The molecule has 1 atom stereocenters. The van der Waals surface area contributed by atoms with Crippen LogP contribution in [0.4, 0.5) is 5.69 Å². The van der Waals surface area contributed by atoms with Gasteiger partial charge in [0.1, 0.15) is 0 Å². The molecule has 0 saturated carbocycles. The molecule has 0 spiro atoms. The van der Waals surface area contributed by atoms with E-state index in [2.05, 4.69) is 30.0 Å². The van der Waals surface area contributed by atoms with Crippen LogP contribution < -0.4 is 4.90 Å². The Morgan fingerprint density at radius 1 is 1.44 bits per heavy atom. The van der Waals surface area contributed by atoms with Crippen LogP contribution in [0, 0.1) is 6.92 Å². The fourth-order valence-electron chi connectivity index (χ4n) is 2.51. The number of aliphatic hydroxyl groups is 1. The van der Waals surface area contributed by atoms with E-state index in [0.717, 1.165) is 19.4 Å². The quantitative estimate of drug-likeness (QED) is 0.868. The normalized spacial score (nSPS) is 16.5. The van der Waals surface area contributed by atoms with E-state index >= 15 is 0 Å². The zero-order chi connectivity index (χ0) is 13.0. The highest BCUT2D eigenvalue weighted by Crippen LogP contribution is 2.28. The van der Waals surface area contributed by atoms with Gasteiger partial charge in [-0.3, -0.25) is 0 Å². The third-order valence-electron chi connectivity index (χ3n) is 3.40. The third-order valence-corrected chi connectivity index (χ3v) is 3.40. The maximum atomic E-state index is 9.96. The first kappa shape index (κ1) is 13.4. The molecular weight excluding hydrogens is 226 g/mol. The number of benzene rings is 1. The van der Waals surface area contributed by atoms with Gasteiger partial charge in [0, 0.05) is 25.4 Å². The molecule has 1 unspecified atom stereocenters. The predicted octanol–water partition coefficient (Wildman–Crippen LogP) is 2.15. The van der Waals surface area contributed by atoms with Crippen molar-refractivity contribution in [1.29, 1.82) is 0 Å². The summed E-state index contributed by atoms with van der Waals surface area (Å²) < 4.78 is 5.27. The molecule has 1 aromatic rings. The molecule has 0 radical (unpaired) electrons. The Balaban J connectivity index is 2.05.